The Morgan fingerprint density at radius 1 is 0.359 bits per heavy atom. The highest BCUT2D eigenvalue weighted by atomic mass is 16.3. The average molecular weight is 820 g/mol. The summed E-state index contributed by atoms with van der Waals surface area (Å²) < 4.78 is 12.9. The van der Waals surface area contributed by atoms with Gasteiger partial charge in [-0.25, -0.2) is 0 Å². The van der Waals surface area contributed by atoms with Crippen LogP contribution in [0.2, 0.25) is 0 Å². The van der Waals surface area contributed by atoms with Gasteiger partial charge < -0.3 is 13.7 Å². The molecule has 12 aromatic rings. The molecule has 0 N–H and O–H groups in total. The van der Waals surface area contributed by atoms with E-state index in [-0.39, 0.29) is 5.41 Å². The standard InChI is InChI=1S/C61H41NO2/c1-61(2)53-23-7-5-17-49(53)50-22-10-21-47(59(50)61)40-29-34-43(35-30-40)62(42-32-27-39(28-33-42)45-19-11-25-55-57(45)51-18-6-8-24-54(51)63-55)44-15-9-14-41(37-44)46-20-12-26-56-58(46)52-36-31-38-13-3-4-16-48(38)60(52)64-56/h3-37H,1-2H3. The number of fused-ring (bicyclic) bond motifs is 11. The lowest BCUT2D eigenvalue weighted by molar-refractivity contribution is 0.662. The zero-order chi connectivity index (χ0) is 42.5. The average Bonchev–Trinajstić information content (AvgIpc) is 4.00. The lowest BCUT2D eigenvalue weighted by Crippen LogP contribution is -2.16. The smallest absolute Gasteiger partial charge is 0.143 e. The molecule has 0 aliphatic heterocycles. The minimum atomic E-state index is -0.112. The third-order valence-corrected chi connectivity index (χ3v) is 13.7. The summed E-state index contributed by atoms with van der Waals surface area (Å²) >= 11 is 0. The quantitative estimate of drug-likeness (QED) is 0.167. The van der Waals surface area contributed by atoms with Crippen molar-refractivity contribution in [2.45, 2.75) is 19.3 Å². The van der Waals surface area contributed by atoms with Crippen molar-refractivity contribution in [2.75, 3.05) is 4.90 Å². The van der Waals surface area contributed by atoms with Crippen LogP contribution in [0.1, 0.15) is 25.0 Å². The Balaban J connectivity index is 0.952. The van der Waals surface area contributed by atoms with E-state index in [1.807, 2.05) is 12.1 Å². The number of rotatable bonds is 6. The number of para-hydroxylation sites is 1. The van der Waals surface area contributed by atoms with Crippen LogP contribution in [-0.2, 0) is 5.41 Å². The van der Waals surface area contributed by atoms with Crippen LogP contribution in [-0.4, -0.2) is 0 Å². The summed E-state index contributed by atoms with van der Waals surface area (Å²) in [6.07, 6.45) is 0. The summed E-state index contributed by atoms with van der Waals surface area (Å²) in [6.45, 7) is 4.72. The van der Waals surface area contributed by atoms with Crippen molar-refractivity contribution >= 4 is 71.7 Å². The topological polar surface area (TPSA) is 29.5 Å². The molecule has 3 heteroatoms. The second-order valence-corrected chi connectivity index (χ2v) is 17.6. The van der Waals surface area contributed by atoms with E-state index in [1.165, 1.54) is 38.8 Å². The largest absolute Gasteiger partial charge is 0.456 e. The van der Waals surface area contributed by atoms with E-state index in [0.717, 1.165) is 88.6 Å². The Bertz CT molecular complexity index is 3810. The predicted molar refractivity (Wildman–Crippen MR) is 267 cm³/mol. The van der Waals surface area contributed by atoms with Crippen molar-refractivity contribution in [2.24, 2.45) is 0 Å². The van der Waals surface area contributed by atoms with Gasteiger partial charge in [0.25, 0.3) is 0 Å². The number of hydrogen-bond acceptors (Lipinski definition) is 3. The van der Waals surface area contributed by atoms with E-state index in [2.05, 4.69) is 219 Å². The Kier molecular flexibility index (Phi) is 7.95. The molecule has 0 saturated heterocycles. The zero-order valence-corrected chi connectivity index (χ0v) is 35.5. The Hall–Kier alpha value is -8.14. The van der Waals surface area contributed by atoms with E-state index in [1.54, 1.807) is 0 Å². The van der Waals surface area contributed by atoms with Crippen molar-refractivity contribution in [3.8, 4) is 44.5 Å². The molecule has 0 unspecified atom stereocenters. The van der Waals surface area contributed by atoms with Crippen molar-refractivity contribution < 1.29 is 8.83 Å². The summed E-state index contributed by atoms with van der Waals surface area (Å²) in [5, 5.41) is 6.81. The molecule has 0 bridgehead atoms. The van der Waals surface area contributed by atoms with Gasteiger partial charge in [0.15, 0.2) is 0 Å². The van der Waals surface area contributed by atoms with E-state index in [4.69, 9.17) is 8.83 Å². The van der Waals surface area contributed by atoms with E-state index in [0.29, 0.717) is 0 Å². The molecule has 1 aliphatic rings. The first kappa shape index (κ1) is 36.5. The summed E-state index contributed by atoms with van der Waals surface area (Å²) in [7, 11) is 0. The second-order valence-electron chi connectivity index (χ2n) is 17.6. The van der Waals surface area contributed by atoms with E-state index >= 15 is 0 Å². The fraction of sp³-hybridized carbons (Fsp3) is 0.0492. The van der Waals surface area contributed by atoms with E-state index in [9.17, 15) is 0 Å². The zero-order valence-electron chi connectivity index (χ0n) is 35.5. The number of furan rings is 2. The van der Waals surface area contributed by atoms with Gasteiger partial charge in [-0.3, -0.25) is 0 Å². The van der Waals surface area contributed by atoms with Gasteiger partial charge >= 0.3 is 0 Å². The van der Waals surface area contributed by atoms with Crippen LogP contribution in [0.15, 0.2) is 221 Å². The SMILES string of the molecule is CC1(C)c2ccccc2-c2cccc(-c3ccc(N(c4ccc(-c5cccc6oc7ccccc7c56)cc4)c4cccc(-c5cccc6oc7c8ccccc8ccc7c56)c4)cc3)c21. The fourth-order valence-electron chi connectivity index (χ4n) is 10.7. The van der Waals surface area contributed by atoms with Crippen LogP contribution >= 0.6 is 0 Å². The number of benzene rings is 10. The van der Waals surface area contributed by atoms with Gasteiger partial charge in [0.05, 0.1) is 0 Å². The molecular weight excluding hydrogens is 779 g/mol. The molecule has 0 atom stereocenters. The van der Waals surface area contributed by atoms with Crippen LogP contribution in [0.4, 0.5) is 17.1 Å². The lowest BCUT2D eigenvalue weighted by atomic mass is 9.79. The predicted octanol–water partition coefficient (Wildman–Crippen LogP) is 17.4. The minimum Gasteiger partial charge on any atom is -0.456 e. The first-order chi connectivity index (χ1) is 31.5. The normalized spacial score (nSPS) is 13.0. The van der Waals surface area contributed by atoms with Crippen LogP contribution in [0.3, 0.4) is 0 Å². The summed E-state index contributed by atoms with van der Waals surface area (Å²) in [5.41, 5.74) is 19.2. The summed E-state index contributed by atoms with van der Waals surface area (Å²) in [5.74, 6) is 0. The van der Waals surface area contributed by atoms with Crippen LogP contribution < -0.4 is 4.90 Å². The molecule has 3 nitrogen and oxygen atoms in total. The van der Waals surface area contributed by atoms with Crippen molar-refractivity contribution in [1.82, 2.24) is 0 Å². The summed E-state index contributed by atoms with van der Waals surface area (Å²) in [4.78, 5) is 2.38. The minimum absolute atomic E-state index is 0.112. The van der Waals surface area contributed by atoms with Gasteiger partial charge in [0.2, 0.25) is 0 Å². The highest BCUT2D eigenvalue weighted by Crippen LogP contribution is 2.52. The molecule has 2 aromatic heterocycles. The number of nitrogens with zero attached hydrogens (tertiary/aromatic N) is 1. The number of hydrogen-bond donors (Lipinski definition) is 0. The Labute approximate surface area is 371 Å². The van der Waals surface area contributed by atoms with Gasteiger partial charge in [0.1, 0.15) is 22.3 Å². The first-order valence-corrected chi connectivity index (χ1v) is 22.1. The van der Waals surface area contributed by atoms with Crippen molar-refractivity contribution in [3.63, 3.8) is 0 Å². The van der Waals surface area contributed by atoms with Crippen molar-refractivity contribution in [3.05, 3.63) is 223 Å². The van der Waals surface area contributed by atoms with Crippen LogP contribution in [0.25, 0.3) is 99.2 Å². The second kappa shape index (κ2) is 13.9. The van der Waals surface area contributed by atoms with Gasteiger partial charge in [-0.2, -0.15) is 0 Å². The van der Waals surface area contributed by atoms with Gasteiger partial charge in [0, 0.05) is 49.4 Å². The maximum atomic E-state index is 6.63. The first-order valence-electron chi connectivity index (χ1n) is 22.1. The monoisotopic (exact) mass is 819 g/mol. The molecule has 0 saturated carbocycles. The van der Waals surface area contributed by atoms with Crippen LogP contribution in [0, 0.1) is 0 Å². The molecule has 0 fully saturated rings. The molecule has 0 spiro atoms. The van der Waals surface area contributed by atoms with Crippen molar-refractivity contribution in [1.29, 1.82) is 0 Å². The molecule has 2 heterocycles. The Morgan fingerprint density at radius 3 is 1.72 bits per heavy atom. The molecule has 64 heavy (non-hydrogen) atoms. The Morgan fingerprint density at radius 2 is 0.922 bits per heavy atom. The molecule has 0 radical (unpaired) electrons. The van der Waals surface area contributed by atoms with Gasteiger partial charge in [-0.1, -0.05) is 166 Å². The van der Waals surface area contributed by atoms with Gasteiger partial charge in [-0.05, 0) is 122 Å². The third-order valence-electron chi connectivity index (χ3n) is 13.7. The molecular formula is C61H41NO2. The molecule has 1 aliphatic carbocycles. The third kappa shape index (κ3) is 5.47. The fourth-order valence-corrected chi connectivity index (χ4v) is 10.7. The molecule has 10 aromatic carbocycles. The molecule has 302 valence electrons. The molecule has 0 amide bonds. The highest BCUT2D eigenvalue weighted by Gasteiger charge is 2.37. The molecule has 13 rings (SSSR count). The van der Waals surface area contributed by atoms with Gasteiger partial charge in [-0.15, -0.1) is 0 Å². The lowest BCUT2D eigenvalue weighted by Gasteiger charge is -2.27. The summed E-state index contributed by atoms with van der Waals surface area (Å²) in [6, 6.07) is 76.6. The van der Waals surface area contributed by atoms with Crippen LogP contribution in [0.5, 0.6) is 0 Å². The van der Waals surface area contributed by atoms with E-state index < -0.39 is 0 Å². The maximum Gasteiger partial charge on any atom is 0.143 e. The highest BCUT2D eigenvalue weighted by molar-refractivity contribution is 6.19. The number of anilines is 3. The maximum absolute atomic E-state index is 6.63.